The first-order valence-electron chi connectivity index (χ1n) is 5.70. The minimum absolute atomic E-state index is 0.0589. The molecule has 112 valence electrons. The second-order valence-electron chi connectivity index (χ2n) is 3.60. The van der Waals surface area contributed by atoms with Crippen molar-refractivity contribution < 1.29 is 22.7 Å². The molecule has 0 aliphatic rings. The molecule has 1 aromatic heterocycles. The summed E-state index contributed by atoms with van der Waals surface area (Å²) in [6.07, 6.45) is 1.26. The summed E-state index contributed by atoms with van der Waals surface area (Å²) in [7, 11) is 0. The van der Waals surface area contributed by atoms with Crippen LogP contribution in [0.1, 0.15) is 17.3 Å². The SMILES string of the molecule is CCOC(=O)c1cc(NCCSC(F)(F)F)ncc1N. The second kappa shape index (κ2) is 7.22. The molecule has 5 nitrogen and oxygen atoms in total. The fourth-order valence-corrected chi connectivity index (χ4v) is 1.73. The van der Waals surface area contributed by atoms with E-state index in [9.17, 15) is 18.0 Å². The third-order valence-electron chi connectivity index (χ3n) is 2.10. The van der Waals surface area contributed by atoms with Gasteiger partial charge in [0, 0.05) is 12.3 Å². The Balaban J connectivity index is 2.59. The number of hydrogen-bond acceptors (Lipinski definition) is 6. The largest absolute Gasteiger partial charge is 0.462 e. The number of anilines is 2. The third kappa shape index (κ3) is 5.55. The molecule has 9 heteroatoms. The summed E-state index contributed by atoms with van der Waals surface area (Å²) in [5.74, 6) is -0.491. The van der Waals surface area contributed by atoms with Crippen LogP contribution in [0.15, 0.2) is 12.3 Å². The number of ether oxygens (including phenoxy) is 1. The number of nitrogens with one attached hydrogen (secondary N) is 1. The van der Waals surface area contributed by atoms with Gasteiger partial charge in [-0.05, 0) is 24.8 Å². The number of aromatic nitrogens is 1. The lowest BCUT2D eigenvalue weighted by molar-refractivity contribution is -0.0327. The summed E-state index contributed by atoms with van der Waals surface area (Å²) in [5.41, 5.74) is 1.61. The maximum absolute atomic E-state index is 11.9. The molecule has 0 aromatic carbocycles. The fourth-order valence-electron chi connectivity index (χ4n) is 1.29. The van der Waals surface area contributed by atoms with E-state index in [1.54, 1.807) is 6.92 Å². The lowest BCUT2D eigenvalue weighted by atomic mass is 10.2. The van der Waals surface area contributed by atoms with Gasteiger partial charge < -0.3 is 15.8 Å². The van der Waals surface area contributed by atoms with Crippen molar-refractivity contribution in [2.45, 2.75) is 12.4 Å². The van der Waals surface area contributed by atoms with E-state index < -0.39 is 11.5 Å². The van der Waals surface area contributed by atoms with Gasteiger partial charge in [0.25, 0.3) is 0 Å². The van der Waals surface area contributed by atoms with Gasteiger partial charge in [0.15, 0.2) is 0 Å². The molecule has 0 spiro atoms. The molecule has 0 radical (unpaired) electrons. The van der Waals surface area contributed by atoms with Crippen molar-refractivity contribution in [2.24, 2.45) is 0 Å². The molecule has 20 heavy (non-hydrogen) atoms. The number of nitrogens with zero attached hydrogens (tertiary/aromatic N) is 1. The number of carbonyl (C=O) groups excluding carboxylic acids is 1. The van der Waals surface area contributed by atoms with Crippen molar-refractivity contribution in [1.82, 2.24) is 4.98 Å². The molecule has 0 aliphatic carbocycles. The van der Waals surface area contributed by atoms with E-state index in [1.165, 1.54) is 12.3 Å². The van der Waals surface area contributed by atoms with Crippen LogP contribution in [0.4, 0.5) is 24.7 Å². The number of esters is 1. The minimum Gasteiger partial charge on any atom is -0.462 e. The highest BCUT2D eigenvalue weighted by Crippen LogP contribution is 2.29. The number of pyridine rings is 1. The van der Waals surface area contributed by atoms with Crippen molar-refractivity contribution in [3.05, 3.63) is 17.8 Å². The van der Waals surface area contributed by atoms with Gasteiger partial charge in [-0.25, -0.2) is 9.78 Å². The van der Waals surface area contributed by atoms with Gasteiger partial charge in [-0.15, -0.1) is 0 Å². The van der Waals surface area contributed by atoms with Crippen LogP contribution in [0, 0.1) is 0 Å². The van der Waals surface area contributed by atoms with Gasteiger partial charge in [-0.1, -0.05) is 0 Å². The average Bonchev–Trinajstić information content (AvgIpc) is 2.35. The molecular formula is C11H14F3N3O2S. The van der Waals surface area contributed by atoms with Gasteiger partial charge in [0.2, 0.25) is 0 Å². The highest BCUT2D eigenvalue weighted by molar-refractivity contribution is 8.00. The summed E-state index contributed by atoms with van der Waals surface area (Å²) in [6.45, 7) is 1.91. The number of carbonyl (C=O) groups is 1. The molecule has 0 bridgehead atoms. The number of halogens is 3. The first-order valence-corrected chi connectivity index (χ1v) is 6.69. The molecule has 0 amide bonds. The molecule has 1 rings (SSSR count). The maximum atomic E-state index is 11.9. The van der Waals surface area contributed by atoms with Crippen molar-refractivity contribution in [2.75, 3.05) is 30.0 Å². The summed E-state index contributed by atoms with van der Waals surface area (Å²) in [4.78, 5) is 15.4. The minimum atomic E-state index is -4.26. The molecule has 1 heterocycles. The molecule has 0 atom stereocenters. The Morgan fingerprint density at radius 3 is 2.85 bits per heavy atom. The molecule has 0 saturated carbocycles. The molecule has 0 fully saturated rings. The standard InChI is InChI=1S/C11H14F3N3O2S/c1-2-19-10(18)7-5-9(17-6-8(7)15)16-3-4-20-11(12,13)14/h5-6H,2-4,15H2,1H3,(H,16,17). The lowest BCUT2D eigenvalue weighted by Crippen LogP contribution is -2.13. The van der Waals surface area contributed by atoms with Crippen LogP contribution >= 0.6 is 11.8 Å². The molecule has 1 aromatic rings. The van der Waals surface area contributed by atoms with Crippen LogP contribution in [0.3, 0.4) is 0 Å². The van der Waals surface area contributed by atoms with Crippen LogP contribution in [0.2, 0.25) is 0 Å². The molecule has 0 saturated heterocycles. The fraction of sp³-hybridized carbons (Fsp3) is 0.455. The van der Waals surface area contributed by atoms with Crippen molar-refractivity contribution in [1.29, 1.82) is 0 Å². The van der Waals surface area contributed by atoms with E-state index in [4.69, 9.17) is 10.5 Å². The molecule has 0 unspecified atom stereocenters. The van der Waals surface area contributed by atoms with Crippen LogP contribution in [0.5, 0.6) is 0 Å². The summed E-state index contributed by atoms with van der Waals surface area (Å²) < 4.78 is 40.6. The Labute approximate surface area is 118 Å². The van der Waals surface area contributed by atoms with Crippen LogP contribution in [0.25, 0.3) is 0 Å². The van der Waals surface area contributed by atoms with Gasteiger partial charge in [-0.3, -0.25) is 0 Å². The van der Waals surface area contributed by atoms with Gasteiger partial charge in [-0.2, -0.15) is 13.2 Å². The monoisotopic (exact) mass is 309 g/mol. The number of nitrogens with two attached hydrogens (primary N) is 1. The molecule has 0 aliphatic heterocycles. The van der Waals surface area contributed by atoms with E-state index in [2.05, 4.69) is 10.3 Å². The normalized spacial score (nSPS) is 11.2. The number of thioether (sulfide) groups is 1. The number of rotatable bonds is 6. The lowest BCUT2D eigenvalue weighted by Gasteiger charge is -2.10. The predicted octanol–water partition coefficient (Wildman–Crippen LogP) is 2.51. The van der Waals surface area contributed by atoms with E-state index >= 15 is 0 Å². The van der Waals surface area contributed by atoms with Crippen molar-refractivity contribution >= 4 is 29.2 Å². The first kappa shape index (κ1) is 16.4. The molecular weight excluding hydrogens is 295 g/mol. The second-order valence-corrected chi connectivity index (χ2v) is 4.76. The summed E-state index contributed by atoms with van der Waals surface area (Å²) in [5, 5.41) is 2.69. The Morgan fingerprint density at radius 1 is 1.55 bits per heavy atom. The highest BCUT2D eigenvalue weighted by atomic mass is 32.2. The summed E-state index contributed by atoms with van der Waals surface area (Å²) in [6, 6.07) is 1.35. The maximum Gasteiger partial charge on any atom is 0.441 e. The molecule has 3 N–H and O–H groups in total. The Kier molecular flexibility index (Phi) is 5.93. The summed E-state index contributed by atoms with van der Waals surface area (Å²) >= 11 is -0.132. The topological polar surface area (TPSA) is 77.2 Å². The zero-order valence-corrected chi connectivity index (χ0v) is 11.5. The average molecular weight is 309 g/mol. The smallest absolute Gasteiger partial charge is 0.441 e. The van der Waals surface area contributed by atoms with E-state index in [0.717, 1.165) is 0 Å². The van der Waals surface area contributed by atoms with E-state index in [0.29, 0.717) is 0 Å². The number of hydrogen-bond donors (Lipinski definition) is 2. The quantitative estimate of drug-likeness (QED) is 0.621. The number of nitrogen functional groups attached to an aromatic ring is 1. The van der Waals surface area contributed by atoms with Gasteiger partial charge in [0.1, 0.15) is 5.82 Å². The van der Waals surface area contributed by atoms with Crippen molar-refractivity contribution in [3.63, 3.8) is 0 Å². The predicted molar refractivity (Wildman–Crippen MR) is 71.6 cm³/mol. The zero-order valence-electron chi connectivity index (χ0n) is 10.7. The van der Waals surface area contributed by atoms with Gasteiger partial charge >= 0.3 is 11.5 Å². The van der Waals surface area contributed by atoms with Crippen molar-refractivity contribution in [3.8, 4) is 0 Å². The van der Waals surface area contributed by atoms with Crippen LogP contribution in [-0.2, 0) is 4.74 Å². The van der Waals surface area contributed by atoms with E-state index in [-0.39, 0.29) is 47.7 Å². The number of alkyl halides is 3. The van der Waals surface area contributed by atoms with Crippen LogP contribution in [-0.4, -0.2) is 35.4 Å². The van der Waals surface area contributed by atoms with E-state index in [1.807, 2.05) is 0 Å². The Hall–Kier alpha value is -1.64. The van der Waals surface area contributed by atoms with Crippen LogP contribution < -0.4 is 11.1 Å². The Bertz CT molecular complexity index is 469. The van der Waals surface area contributed by atoms with Gasteiger partial charge in [0.05, 0.1) is 24.1 Å². The Morgan fingerprint density at radius 2 is 2.25 bits per heavy atom. The zero-order chi connectivity index (χ0) is 15.2. The highest BCUT2D eigenvalue weighted by Gasteiger charge is 2.27. The third-order valence-corrected chi connectivity index (χ3v) is 2.84. The first-order chi connectivity index (χ1) is 9.33.